The molecule has 0 saturated carbocycles. The molecule has 0 aliphatic heterocycles. The summed E-state index contributed by atoms with van der Waals surface area (Å²) in [7, 11) is 1.27. The van der Waals surface area contributed by atoms with Gasteiger partial charge in [0.25, 0.3) is 5.56 Å². The molecule has 0 aliphatic carbocycles. The summed E-state index contributed by atoms with van der Waals surface area (Å²) in [5.74, 6) is -0.156. The molecule has 5 rings (SSSR count). The van der Waals surface area contributed by atoms with Gasteiger partial charge in [-0.15, -0.1) is 16.4 Å². The number of hydrogen-bond acceptors (Lipinski definition) is 10. The van der Waals surface area contributed by atoms with Crippen LogP contribution in [-0.4, -0.2) is 54.5 Å². The van der Waals surface area contributed by atoms with Crippen LogP contribution in [0.3, 0.4) is 0 Å². The first-order chi connectivity index (χ1) is 21.7. The monoisotopic (exact) mass is 645 g/mol. The van der Waals surface area contributed by atoms with Crippen molar-refractivity contribution >= 4 is 46.7 Å². The quantitative estimate of drug-likeness (QED) is 0.178. The second-order valence-corrected chi connectivity index (χ2v) is 11.4. The normalized spacial score (nSPS) is 11.9. The standard InChI is InChI=1S/C30H28ClN9O4S/c1-17(2)29-33-22(15-45-29)13-24(35-27(41)11-6-19-12-20(31)7-10-26(19)40-16-32-38-39-40)25-14-23(28(42)37-36-25)18-4-8-21(9-5-18)34-30(43)44-3/h4-12,14-17,24H,13H2,1-3H3,(H,34,43)(H,35,41)(H,37,42)/b11-6+. The molecule has 1 atom stereocenters. The van der Waals surface area contributed by atoms with Crippen LogP contribution in [0.2, 0.25) is 5.02 Å². The topological polar surface area (TPSA) is 170 Å². The highest BCUT2D eigenvalue weighted by molar-refractivity contribution is 7.09. The SMILES string of the molecule is COC(=O)Nc1ccc(-c2cc(C(Cc3csc(C(C)C)n3)NC(=O)/C=C/c3cc(Cl)ccc3-n3cnnn3)n[nH]c2=O)cc1. The number of ether oxygens (including phenoxy) is 1. The largest absolute Gasteiger partial charge is 0.453 e. The number of tetrazole rings is 1. The molecular formula is C30H28ClN9O4S. The maximum absolute atomic E-state index is 13.3. The number of amides is 2. The van der Waals surface area contributed by atoms with Crippen LogP contribution in [0.15, 0.2) is 71.1 Å². The van der Waals surface area contributed by atoms with Gasteiger partial charge in [-0.3, -0.25) is 14.9 Å². The number of benzene rings is 2. The Kier molecular flexibility index (Phi) is 9.75. The molecule has 13 nitrogen and oxygen atoms in total. The molecule has 2 amide bonds. The smallest absolute Gasteiger partial charge is 0.411 e. The summed E-state index contributed by atoms with van der Waals surface area (Å²) in [6.07, 6.45) is 4.16. The molecule has 1 unspecified atom stereocenters. The number of methoxy groups -OCH3 is 1. The highest BCUT2D eigenvalue weighted by Crippen LogP contribution is 2.26. The van der Waals surface area contributed by atoms with Gasteiger partial charge in [0, 0.05) is 40.1 Å². The fraction of sp³-hybridized carbons (Fsp3) is 0.200. The second kappa shape index (κ2) is 14.1. The Bertz CT molecular complexity index is 1890. The van der Waals surface area contributed by atoms with E-state index in [1.165, 1.54) is 24.2 Å². The molecule has 230 valence electrons. The Balaban J connectivity index is 1.44. The number of H-pyrrole nitrogens is 1. The molecule has 0 aliphatic rings. The van der Waals surface area contributed by atoms with Crippen molar-refractivity contribution in [2.45, 2.75) is 32.2 Å². The lowest BCUT2D eigenvalue weighted by Gasteiger charge is -2.17. The fourth-order valence-corrected chi connectivity index (χ4v) is 5.39. The van der Waals surface area contributed by atoms with E-state index < -0.39 is 23.6 Å². The molecule has 0 spiro atoms. The van der Waals surface area contributed by atoms with E-state index in [1.54, 1.807) is 65.9 Å². The molecule has 3 aromatic heterocycles. The highest BCUT2D eigenvalue weighted by atomic mass is 35.5. The first-order valence-corrected chi connectivity index (χ1v) is 15.0. The third kappa shape index (κ3) is 7.85. The third-order valence-electron chi connectivity index (χ3n) is 6.60. The average Bonchev–Trinajstić information content (AvgIpc) is 3.74. The summed E-state index contributed by atoms with van der Waals surface area (Å²) < 4.78 is 6.09. The van der Waals surface area contributed by atoms with Gasteiger partial charge in [0.1, 0.15) is 6.33 Å². The average molecular weight is 646 g/mol. The van der Waals surface area contributed by atoms with Crippen molar-refractivity contribution in [2.24, 2.45) is 0 Å². The second-order valence-electron chi connectivity index (χ2n) is 10.1. The Hall–Kier alpha value is -5.21. The van der Waals surface area contributed by atoms with Crippen LogP contribution >= 0.6 is 22.9 Å². The van der Waals surface area contributed by atoms with Crippen molar-refractivity contribution in [1.82, 2.24) is 40.7 Å². The number of aromatic amines is 1. The molecule has 0 fully saturated rings. The van der Waals surface area contributed by atoms with Crippen LogP contribution in [-0.2, 0) is 16.0 Å². The molecule has 2 aromatic carbocycles. The molecule has 3 heterocycles. The van der Waals surface area contributed by atoms with E-state index >= 15 is 0 Å². The van der Waals surface area contributed by atoms with E-state index in [-0.39, 0.29) is 5.92 Å². The summed E-state index contributed by atoms with van der Waals surface area (Å²) in [6.45, 7) is 4.13. The molecule has 45 heavy (non-hydrogen) atoms. The zero-order chi connectivity index (χ0) is 31.9. The van der Waals surface area contributed by atoms with Crippen LogP contribution in [0.1, 0.15) is 47.8 Å². The van der Waals surface area contributed by atoms with Crippen LogP contribution < -0.4 is 16.2 Å². The number of nitrogens with zero attached hydrogens (tertiary/aromatic N) is 6. The fourth-order valence-electron chi connectivity index (χ4n) is 4.36. The Morgan fingerprint density at radius 3 is 2.64 bits per heavy atom. The van der Waals surface area contributed by atoms with Crippen LogP contribution in [0.4, 0.5) is 10.5 Å². The summed E-state index contributed by atoms with van der Waals surface area (Å²) in [4.78, 5) is 42.4. The van der Waals surface area contributed by atoms with Gasteiger partial charge in [-0.2, -0.15) is 9.78 Å². The summed E-state index contributed by atoms with van der Waals surface area (Å²) in [5, 5.41) is 27.1. The number of rotatable bonds is 10. The first kappa shape index (κ1) is 31.2. The lowest BCUT2D eigenvalue weighted by molar-refractivity contribution is -0.117. The molecule has 0 bridgehead atoms. The summed E-state index contributed by atoms with van der Waals surface area (Å²) in [6, 6.07) is 12.8. The van der Waals surface area contributed by atoms with Gasteiger partial charge in [0.15, 0.2) is 0 Å². The van der Waals surface area contributed by atoms with Gasteiger partial charge in [0.2, 0.25) is 5.91 Å². The maximum atomic E-state index is 13.3. The van der Waals surface area contributed by atoms with Crippen LogP contribution in [0.25, 0.3) is 22.9 Å². The van der Waals surface area contributed by atoms with E-state index in [1.807, 2.05) is 5.38 Å². The lowest BCUT2D eigenvalue weighted by Crippen LogP contribution is -2.30. The van der Waals surface area contributed by atoms with Crippen molar-refractivity contribution < 1.29 is 14.3 Å². The van der Waals surface area contributed by atoms with E-state index in [9.17, 15) is 14.4 Å². The summed E-state index contributed by atoms with van der Waals surface area (Å²) in [5.41, 5.74) is 3.48. The Labute approximate surface area is 266 Å². The predicted molar refractivity (Wildman–Crippen MR) is 170 cm³/mol. The van der Waals surface area contributed by atoms with Crippen molar-refractivity contribution in [2.75, 3.05) is 12.4 Å². The van der Waals surface area contributed by atoms with Gasteiger partial charge < -0.3 is 10.1 Å². The van der Waals surface area contributed by atoms with E-state index in [4.69, 9.17) is 16.6 Å². The molecular weight excluding hydrogens is 618 g/mol. The number of carbonyl (C=O) groups is 2. The van der Waals surface area contributed by atoms with Crippen LogP contribution in [0, 0.1) is 0 Å². The summed E-state index contributed by atoms with van der Waals surface area (Å²) >= 11 is 7.77. The number of aromatic nitrogens is 7. The Morgan fingerprint density at radius 2 is 1.96 bits per heavy atom. The first-order valence-electron chi connectivity index (χ1n) is 13.7. The van der Waals surface area contributed by atoms with Crippen molar-refractivity contribution in [3.8, 4) is 16.8 Å². The van der Waals surface area contributed by atoms with E-state index in [0.717, 1.165) is 10.7 Å². The van der Waals surface area contributed by atoms with Gasteiger partial charge in [-0.05, 0) is 58.5 Å². The molecule has 15 heteroatoms. The van der Waals surface area contributed by atoms with Crippen molar-refractivity contribution in [1.29, 1.82) is 0 Å². The number of hydrogen-bond donors (Lipinski definition) is 3. The van der Waals surface area contributed by atoms with Crippen LogP contribution in [0.5, 0.6) is 0 Å². The van der Waals surface area contributed by atoms with Gasteiger partial charge in [0.05, 0.1) is 40.8 Å². The molecule has 5 aromatic rings. The molecule has 0 radical (unpaired) electrons. The molecule has 3 N–H and O–H groups in total. The number of carbonyl (C=O) groups excluding carboxylic acids is 2. The minimum atomic E-state index is -0.640. The number of thiazole rings is 1. The van der Waals surface area contributed by atoms with Gasteiger partial charge in [-0.1, -0.05) is 37.6 Å². The third-order valence-corrected chi connectivity index (χ3v) is 8.03. The minimum Gasteiger partial charge on any atom is -0.453 e. The van der Waals surface area contributed by atoms with Gasteiger partial charge >= 0.3 is 6.09 Å². The van der Waals surface area contributed by atoms with Crippen molar-refractivity contribution in [3.05, 3.63) is 104 Å². The van der Waals surface area contributed by atoms with E-state index in [0.29, 0.717) is 45.2 Å². The zero-order valence-corrected chi connectivity index (χ0v) is 26.0. The Morgan fingerprint density at radius 1 is 1.16 bits per heavy atom. The van der Waals surface area contributed by atoms with E-state index in [2.05, 4.69) is 54.9 Å². The molecule has 0 saturated heterocycles. The predicted octanol–water partition coefficient (Wildman–Crippen LogP) is 4.94. The lowest BCUT2D eigenvalue weighted by atomic mass is 10.0. The minimum absolute atomic E-state index is 0.251. The number of anilines is 1. The van der Waals surface area contributed by atoms with Crippen molar-refractivity contribution in [3.63, 3.8) is 0 Å². The zero-order valence-electron chi connectivity index (χ0n) is 24.4. The number of nitrogens with one attached hydrogen (secondary N) is 3. The number of halogens is 1. The maximum Gasteiger partial charge on any atom is 0.411 e. The van der Waals surface area contributed by atoms with Gasteiger partial charge in [-0.25, -0.2) is 14.9 Å². The highest BCUT2D eigenvalue weighted by Gasteiger charge is 2.20.